The first kappa shape index (κ1) is 17.1. The average molecular weight is 349 g/mol. The number of aromatic nitrogens is 2. The van der Waals surface area contributed by atoms with Crippen molar-refractivity contribution in [2.75, 3.05) is 20.6 Å². The van der Waals surface area contributed by atoms with Gasteiger partial charge in [-0.1, -0.05) is 13.8 Å². The van der Waals surface area contributed by atoms with Gasteiger partial charge in [-0.25, -0.2) is 4.98 Å². The largest absolute Gasteiger partial charge is 0.481 e. The molecule has 6 nitrogen and oxygen atoms in total. The molecule has 1 N–H and O–H groups in total. The highest BCUT2D eigenvalue weighted by Gasteiger charge is 2.34. The Kier molecular flexibility index (Phi) is 4.48. The lowest BCUT2D eigenvalue weighted by Gasteiger charge is -2.17. The van der Waals surface area contributed by atoms with Crippen LogP contribution in [0.5, 0.6) is 0 Å². The Bertz CT molecular complexity index is 851. The number of aliphatic carboxylic acids is 1. The van der Waals surface area contributed by atoms with E-state index in [0.717, 1.165) is 23.7 Å². The number of aryl methyl sites for hydroxylation is 1. The van der Waals surface area contributed by atoms with Crippen molar-refractivity contribution in [3.05, 3.63) is 26.6 Å². The molecule has 0 saturated heterocycles. The van der Waals surface area contributed by atoms with Crippen molar-refractivity contribution >= 4 is 27.5 Å². The molecule has 2 heterocycles. The molecule has 1 unspecified atom stereocenters. The highest BCUT2D eigenvalue weighted by atomic mass is 32.1. The second-order valence-electron chi connectivity index (χ2n) is 6.93. The summed E-state index contributed by atoms with van der Waals surface area (Å²) in [6.45, 7) is 5.36. The van der Waals surface area contributed by atoms with Crippen LogP contribution in [0.1, 0.15) is 48.4 Å². The summed E-state index contributed by atoms with van der Waals surface area (Å²) in [5, 5.41) is 10.0. The SMILES string of the molecule is CC(C)c1nc2sc3c(c2c(=O)n1CCN(C)C)C(C(=O)O)CC3. The first-order chi connectivity index (χ1) is 11.3. The number of carbonyl (C=O) groups is 1. The summed E-state index contributed by atoms with van der Waals surface area (Å²) in [5.41, 5.74) is 0.630. The quantitative estimate of drug-likeness (QED) is 0.896. The van der Waals surface area contributed by atoms with Gasteiger partial charge in [0.05, 0.1) is 11.3 Å². The van der Waals surface area contributed by atoms with Crippen LogP contribution in [0, 0.1) is 0 Å². The predicted octanol–water partition coefficient (Wildman–Crippen LogP) is 2.26. The van der Waals surface area contributed by atoms with E-state index in [0.29, 0.717) is 28.7 Å². The summed E-state index contributed by atoms with van der Waals surface area (Å²) in [5.74, 6) is -0.506. The number of nitrogens with zero attached hydrogens (tertiary/aromatic N) is 3. The van der Waals surface area contributed by atoms with Gasteiger partial charge in [-0.2, -0.15) is 0 Å². The summed E-state index contributed by atoms with van der Waals surface area (Å²) < 4.78 is 1.73. The summed E-state index contributed by atoms with van der Waals surface area (Å²) in [6.07, 6.45) is 1.30. The molecular weight excluding hydrogens is 326 g/mol. The van der Waals surface area contributed by atoms with Crippen molar-refractivity contribution in [2.24, 2.45) is 0 Å². The molecule has 130 valence electrons. The second-order valence-corrected chi connectivity index (χ2v) is 8.02. The molecule has 0 spiro atoms. The van der Waals surface area contributed by atoms with E-state index in [9.17, 15) is 14.7 Å². The van der Waals surface area contributed by atoms with Crippen LogP contribution in [0.15, 0.2) is 4.79 Å². The van der Waals surface area contributed by atoms with Gasteiger partial charge in [-0.15, -0.1) is 11.3 Å². The number of hydrogen-bond donors (Lipinski definition) is 1. The fourth-order valence-corrected chi connectivity index (χ4v) is 4.59. The molecule has 2 aromatic heterocycles. The Labute approximate surface area is 144 Å². The van der Waals surface area contributed by atoms with Gasteiger partial charge >= 0.3 is 5.97 Å². The third kappa shape index (κ3) is 2.75. The lowest BCUT2D eigenvalue weighted by Crippen LogP contribution is -2.31. The summed E-state index contributed by atoms with van der Waals surface area (Å²) in [4.78, 5) is 33.2. The monoisotopic (exact) mass is 349 g/mol. The van der Waals surface area contributed by atoms with Gasteiger partial charge in [0.1, 0.15) is 10.7 Å². The third-order valence-electron chi connectivity index (χ3n) is 4.55. The predicted molar refractivity (Wildman–Crippen MR) is 95.2 cm³/mol. The van der Waals surface area contributed by atoms with Crippen molar-refractivity contribution in [3.8, 4) is 0 Å². The number of likely N-dealkylation sites (N-methyl/N-ethyl adjacent to an activating group) is 1. The van der Waals surface area contributed by atoms with E-state index >= 15 is 0 Å². The van der Waals surface area contributed by atoms with Gasteiger partial charge in [0.25, 0.3) is 5.56 Å². The molecule has 1 aliphatic rings. The van der Waals surface area contributed by atoms with Crippen molar-refractivity contribution < 1.29 is 9.90 Å². The summed E-state index contributed by atoms with van der Waals surface area (Å²) >= 11 is 1.49. The molecule has 24 heavy (non-hydrogen) atoms. The lowest BCUT2D eigenvalue weighted by atomic mass is 10.0. The molecule has 7 heteroatoms. The maximum absolute atomic E-state index is 13.2. The van der Waals surface area contributed by atoms with Crippen LogP contribution >= 0.6 is 11.3 Å². The molecule has 3 rings (SSSR count). The first-order valence-corrected chi connectivity index (χ1v) is 9.06. The Hall–Kier alpha value is -1.73. The number of thiophene rings is 1. The Morgan fingerprint density at radius 1 is 1.46 bits per heavy atom. The maximum Gasteiger partial charge on any atom is 0.311 e. The van der Waals surface area contributed by atoms with E-state index in [-0.39, 0.29) is 11.5 Å². The van der Waals surface area contributed by atoms with E-state index in [1.807, 2.05) is 32.8 Å². The highest BCUT2D eigenvalue weighted by Crippen LogP contribution is 2.42. The number of carboxylic acid groups (broad SMARTS) is 1. The molecule has 0 fully saturated rings. The van der Waals surface area contributed by atoms with Crippen molar-refractivity contribution in [3.63, 3.8) is 0 Å². The number of fused-ring (bicyclic) bond motifs is 3. The molecular formula is C17H23N3O3S. The van der Waals surface area contributed by atoms with E-state index in [1.165, 1.54) is 11.3 Å². The fraction of sp³-hybridized carbons (Fsp3) is 0.588. The zero-order valence-corrected chi connectivity index (χ0v) is 15.3. The Balaban J connectivity index is 2.24. The summed E-state index contributed by atoms with van der Waals surface area (Å²) in [7, 11) is 3.93. The van der Waals surface area contributed by atoms with Crippen LogP contribution < -0.4 is 5.56 Å². The standard InChI is InChI=1S/C17H23N3O3S/c1-9(2)14-18-15-13(16(21)20(14)8-7-19(3)4)12-10(17(22)23)5-6-11(12)24-15/h9-10H,5-8H2,1-4H3,(H,22,23). The van der Waals surface area contributed by atoms with Gasteiger partial charge in [-0.05, 0) is 32.5 Å². The van der Waals surface area contributed by atoms with Gasteiger partial charge in [0, 0.05) is 23.9 Å². The lowest BCUT2D eigenvalue weighted by molar-refractivity contribution is -0.138. The molecule has 1 aliphatic carbocycles. The Morgan fingerprint density at radius 3 is 2.75 bits per heavy atom. The van der Waals surface area contributed by atoms with E-state index in [2.05, 4.69) is 0 Å². The van der Waals surface area contributed by atoms with Crippen LogP contribution in [0.2, 0.25) is 0 Å². The molecule has 0 aliphatic heterocycles. The van der Waals surface area contributed by atoms with E-state index < -0.39 is 11.9 Å². The fourth-order valence-electron chi connectivity index (χ4n) is 3.34. The molecule has 2 aromatic rings. The molecule has 0 bridgehead atoms. The normalized spacial score (nSPS) is 17.2. The zero-order chi connectivity index (χ0) is 17.6. The second kappa shape index (κ2) is 6.29. The Morgan fingerprint density at radius 2 is 2.17 bits per heavy atom. The number of hydrogen-bond acceptors (Lipinski definition) is 5. The van der Waals surface area contributed by atoms with Crippen LogP contribution in [-0.4, -0.2) is 46.2 Å². The van der Waals surface area contributed by atoms with E-state index in [4.69, 9.17) is 4.98 Å². The molecule has 1 atom stereocenters. The minimum absolute atomic E-state index is 0.0869. The van der Waals surface area contributed by atoms with Crippen LogP contribution in [-0.2, 0) is 17.8 Å². The number of carboxylic acids is 1. The third-order valence-corrected chi connectivity index (χ3v) is 5.71. The van der Waals surface area contributed by atoms with Crippen LogP contribution in [0.4, 0.5) is 0 Å². The van der Waals surface area contributed by atoms with Crippen LogP contribution in [0.3, 0.4) is 0 Å². The minimum atomic E-state index is -0.847. The molecule has 0 aromatic carbocycles. The van der Waals surface area contributed by atoms with Gasteiger partial charge in [0.15, 0.2) is 0 Å². The average Bonchev–Trinajstić information content (AvgIpc) is 3.03. The molecule has 0 amide bonds. The molecule has 0 saturated carbocycles. The highest BCUT2D eigenvalue weighted by molar-refractivity contribution is 7.18. The maximum atomic E-state index is 13.2. The van der Waals surface area contributed by atoms with Crippen molar-refractivity contribution in [1.29, 1.82) is 0 Å². The van der Waals surface area contributed by atoms with Crippen molar-refractivity contribution in [1.82, 2.24) is 14.5 Å². The topological polar surface area (TPSA) is 75.4 Å². The number of rotatable bonds is 5. The van der Waals surface area contributed by atoms with Gasteiger partial charge < -0.3 is 10.0 Å². The van der Waals surface area contributed by atoms with Crippen molar-refractivity contribution in [2.45, 2.75) is 45.1 Å². The molecule has 0 radical (unpaired) electrons. The zero-order valence-electron chi connectivity index (χ0n) is 14.5. The minimum Gasteiger partial charge on any atom is -0.481 e. The smallest absolute Gasteiger partial charge is 0.311 e. The van der Waals surface area contributed by atoms with Gasteiger partial charge in [-0.3, -0.25) is 14.2 Å². The summed E-state index contributed by atoms with van der Waals surface area (Å²) in [6, 6.07) is 0. The van der Waals surface area contributed by atoms with E-state index in [1.54, 1.807) is 4.57 Å². The van der Waals surface area contributed by atoms with Gasteiger partial charge in [0.2, 0.25) is 0 Å². The van der Waals surface area contributed by atoms with Crippen LogP contribution in [0.25, 0.3) is 10.2 Å². The first-order valence-electron chi connectivity index (χ1n) is 8.24.